The highest BCUT2D eigenvalue weighted by molar-refractivity contribution is 5.30. The second kappa shape index (κ2) is 5.05. The number of hydrogen-bond donors (Lipinski definition) is 1. The number of nitrogens with zero attached hydrogens (tertiary/aromatic N) is 4. The molecule has 0 radical (unpaired) electrons. The van der Waals surface area contributed by atoms with Crippen LogP contribution in [0.4, 0.5) is 0 Å². The molecule has 2 rings (SSSR count). The van der Waals surface area contributed by atoms with E-state index in [1.165, 1.54) is 0 Å². The molecular formula is C12H16N4O. The van der Waals surface area contributed by atoms with Gasteiger partial charge in [0.05, 0.1) is 11.8 Å². The lowest BCUT2D eigenvalue weighted by molar-refractivity contribution is 0.123. The number of rotatable bonds is 4. The monoisotopic (exact) mass is 232 g/mol. The van der Waals surface area contributed by atoms with Gasteiger partial charge < -0.3 is 5.11 Å². The highest BCUT2D eigenvalue weighted by atomic mass is 16.3. The zero-order valence-corrected chi connectivity index (χ0v) is 9.98. The van der Waals surface area contributed by atoms with E-state index in [0.29, 0.717) is 12.2 Å². The summed E-state index contributed by atoms with van der Waals surface area (Å²) in [6.45, 7) is 3.95. The Bertz CT molecular complexity index is 466. The van der Waals surface area contributed by atoms with Crippen molar-refractivity contribution < 1.29 is 5.11 Å². The van der Waals surface area contributed by atoms with Crippen molar-refractivity contribution in [2.24, 2.45) is 5.92 Å². The first kappa shape index (κ1) is 11.7. The first-order valence-electron chi connectivity index (χ1n) is 5.69. The van der Waals surface area contributed by atoms with Crippen LogP contribution in [0.15, 0.2) is 30.3 Å². The Kier molecular flexibility index (Phi) is 3.49. The summed E-state index contributed by atoms with van der Waals surface area (Å²) in [6.07, 6.45) is 0.0305. The molecule has 0 aliphatic rings. The van der Waals surface area contributed by atoms with Crippen molar-refractivity contribution in [1.82, 2.24) is 20.2 Å². The summed E-state index contributed by atoms with van der Waals surface area (Å²) in [5.74, 6) is 0.869. The Hall–Kier alpha value is -1.75. The normalized spacial score (nSPS) is 12.9. The van der Waals surface area contributed by atoms with Crippen molar-refractivity contribution in [3.8, 4) is 5.69 Å². The topological polar surface area (TPSA) is 63.8 Å². The maximum absolute atomic E-state index is 9.86. The maximum Gasteiger partial charge on any atom is 0.159 e. The number of para-hydroxylation sites is 1. The molecule has 0 saturated carbocycles. The molecule has 0 spiro atoms. The van der Waals surface area contributed by atoms with Gasteiger partial charge in [0.2, 0.25) is 0 Å². The van der Waals surface area contributed by atoms with Crippen molar-refractivity contribution in [3.05, 3.63) is 36.2 Å². The summed E-state index contributed by atoms with van der Waals surface area (Å²) in [5.41, 5.74) is 0.906. The molecule has 2 aromatic rings. The van der Waals surface area contributed by atoms with Gasteiger partial charge in [-0.1, -0.05) is 32.0 Å². The van der Waals surface area contributed by atoms with E-state index in [2.05, 4.69) is 15.5 Å². The van der Waals surface area contributed by atoms with Crippen LogP contribution in [0.3, 0.4) is 0 Å². The molecule has 1 unspecified atom stereocenters. The molecule has 0 bridgehead atoms. The van der Waals surface area contributed by atoms with Gasteiger partial charge in [-0.25, -0.2) is 0 Å². The van der Waals surface area contributed by atoms with E-state index in [0.717, 1.165) is 5.69 Å². The van der Waals surface area contributed by atoms with Crippen LogP contribution < -0.4 is 0 Å². The number of aliphatic hydroxyl groups excluding tert-OH is 1. The summed E-state index contributed by atoms with van der Waals surface area (Å²) >= 11 is 0. The van der Waals surface area contributed by atoms with E-state index in [1.54, 1.807) is 4.68 Å². The molecule has 0 aliphatic carbocycles. The first-order chi connectivity index (χ1) is 8.18. The van der Waals surface area contributed by atoms with E-state index in [1.807, 2.05) is 44.2 Å². The zero-order valence-electron chi connectivity index (χ0n) is 9.98. The van der Waals surface area contributed by atoms with Crippen LogP contribution in [0, 0.1) is 5.92 Å². The largest absolute Gasteiger partial charge is 0.392 e. The minimum atomic E-state index is -0.427. The minimum Gasteiger partial charge on any atom is -0.392 e. The molecule has 5 nitrogen and oxygen atoms in total. The molecule has 1 atom stereocenters. The van der Waals surface area contributed by atoms with Crippen LogP contribution in [0.5, 0.6) is 0 Å². The van der Waals surface area contributed by atoms with Crippen LogP contribution in [-0.4, -0.2) is 31.4 Å². The van der Waals surface area contributed by atoms with Gasteiger partial charge in [-0.15, -0.1) is 5.10 Å². The predicted octanol–water partition coefficient (Wildman–Crippen LogP) is 1.22. The molecule has 1 N–H and O–H groups in total. The Morgan fingerprint density at radius 1 is 1.24 bits per heavy atom. The molecule has 0 amide bonds. The van der Waals surface area contributed by atoms with E-state index >= 15 is 0 Å². The highest BCUT2D eigenvalue weighted by Crippen LogP contribution is 2.11. The van der Waals surface area contributed by atoms with Crippen molar-refractivity contribution in [1.29, 1.82) is 0 Å². The Morgan fingerprint density at radius 3 is 2.59 bits per heavy atom. The lowest BCUT2D eigenvalue weighted by Gasteiger charge is -2.13. The standard InChI is InChI=1S/C12H16N4O/c1-9(2)11(17)8-12-13-14-15-16(12)10-6-4-3-5-7-10/h3-7,9,11,17H,8H2,1-2H3. The van der Waals surface area contributed by atoms with Gasteiger partial charge in [0, 0.05) is 6.42 Å². The van der Waals surface area contributed by atoms with Gasteiger partial charge in [0.15, 0.2) is 5.82 Å². The molecule has 0 saturated heterocycles. The fraction of sp³-hybridized carbons (Fsp3) is 0.417. The van der Waals surface area contributed by atoms with E-state index in [4.69, 9.17) is 0 Å². The van der Waals surface area contributed by atoms with Crippen LogP contribution in [0.25, 0.3) is 5.69 Å². The minimum absolute atomic E-state index is 0.191. The molecule has 1 aromatic heterocycles. The molecule has 5 heteroatoms. The van der Waals surface area contributed by atoms with Gasteiger partial charge in [-0.2, -0.15) is 4.68 Å². The fourth-order valence-electron chi connectivity index (χ4n) is 1.53. The van der Waals surface area contributed by atoms with Crippen LogP contribution in [0.1, 0.15) is 19.7 Å². The second-order valence-corrected chi connectivity index (χ2v) is 4.36. The van der Waals surface area contributed by atoms with Crippen LogP contribution in [0.2, 0.25) is 0 Å². The quantitative estimate of drug-likeness (QED) is 0.861. The number of aliphatic hydroxyl groups is 1. The van der Waals surface area contributed by atoms with E-state index < -0.39 is 6.10 Å². The van der Waals surface area contributed by atoms with Gasteiger partial charge in [0.25, 0.3) is 0 Å². The molecule has 1 aromatic carbocycles. The Balaban J connectivity index is 2.23. The summed E-state index contributed by atoms with van der Waals surface area (Å²) < 4.78 is 1.66. The summed E-state index contributed by atoms with van der Waals surface area (Å²) in [7, 11) is 0. The van der Waals surface area contributed by atoms with Crippen molar-refractivity contribution in [3.63, 3.8) is 0 Å². The van der Waals surface area contributed by atoms with Crippen molar-refractivity contribution >= 4 is 0 Å². The first-order valence-corrected chi connectivity index (χ1v) is 5.69. The highest BCUT2D eigenvalue weighted by Gasteiger charge is 2.15. The summed E-state index contributed by atoms with van der Waals surface area (Å²) in [5, 5.41) is 21.4. The zero-order chi connectivity index (χ0) is 12.3. The van der Waals surface area contributed by atoms with Gasteiger partial charge in [0.1, 0.15) is 0 Å². The molecule has 90 valence electrons. The molecular weight excluding hydrogens is 216 g/mol. The lowest BCUT2D eigenvalue weighted by atomic mass is 10.0. The number of tetrazole rings is 1. The number of aromatic nitrogens is 4. The summed E-state index contributed by atoms with van der Waals surface area (Å²) in [6, 6.07) is 9.67. The third kappa shape index (κ3) is 2.68. The third-order valence-electron chi connectivity index (χ3n) is 2.70. The summed E-state index contributed by atoms with van der Waals surface area (Å²) in [4.78, 5) is 0. The Morgan fingerprint density at radius 2 is 1.94 bits per heavy atom. The third-order valence-corrected chi connectivity index (χ3v) is 2.70. The fourth-order valence-corrected chi connectivity index (χ4v) is 1.53. The average Bonchev–Trinajstić information content (AvgIpc) is 2.78. The Labute approximate surface area is 100 Å². The van der Waals surface area contributed by atoms with Crippen molar-refractivity contribution in [2.75, 3.05) is 0 Å². The maximum atomic E-state index is 9.86. The lowest BCUT2D eigenvalue weighted by Crippen LogP contribution is -2.20. The van der Waals surface area contributed by atoms with Gasteiger partial charge in [-0.05, 0) is 28.5 Å². The van der Waals surface area contributed by atoms with Crippen molar-refractivity contribution in [2.45, 2.75) is 26.4 Å². The average molecular weight is 232 g/mol. The van der Waals surface area contributed by atoms with Gasteiger partial charge in [-0.3, -0.25) is 0 Å². The number of benzene rings is 1. The SMILES string of the molecule is CC(C)C(O)Cc1nnnn1-c1ccccc1. The van der Waals surface area contributed by atoms with E-state index in [9.17, 15) is 5.11 Å². The van der Waals surface area contributed by atoms with Crippen LogP contribution in [-0.2, 0) is 6.42 Å². The smallest absolute Gasteiger partial charge is 0.159 e. The molecule has 1 heterocycles. The molecule has 0 fully saturated rings. The number of hydrogen-bond acceptors (Lipinski definition) is 4. The molecule has 0 aliphatic heterocycles. The van der Waals surface area contributed by atoms with Crippen LogP contribution >= 0.6 is 0 Å². The van der Waals surface area contributed by atoms with Gasteiger partial charge >= 0.3 is 0 Å². The molecule has 17 heavy (non-hydrogen) atoms. The second-order valence-electron chi connectivity index (χ2n) is 4.36. The van der Waals surface area contributed by atoms with E-state index in [-0.39, 0.29) is 5.92 Å². The predicted molar refractivity (Wildman–Crippen MR) is 63.7 cm³/mol.